The SMILES string of the molecule is COC(=O)C[C@]1(C)[C@@H]2C(=O)N(c3ccccc3)C(=O)[C@H]2[C@@H](c2ccc(C)cc2)N1c1ccccc1. The molecule has 2 aliphatic rings. The summed E-state index contributed by atoms with van der Waals surface area (Å²) in [4.78, 5) is 44.2. The summed E-state index contributed by atoms with van der Waals surface area (Å²) in [6.07, 6.45) is -0.0242. The summed E-state index contributed by atoms with van der Waals surface area (Å²) in [6.45, 7) is 3.92. The molecule has 0 unspecified atom stereocenters. The van der Waals surface area contributed by atoms with Crippen molar-refractivity contribution in [1.82, 2.24) is 0 Å². The van der Waals surface area contributed by atoms with Crippen LogP contribution in [0.3, 0.4) is 0 Å². The van der Waals surface area contributed by atoms with Crippen molar-refractivity contribution >= 4 is 29.2 Å². The number of anilines is 2. The summed E-state index contributed by atoms with van der Waals surface area (Å²) in [7, 11) is 1.35. The molecule has 2 saturated heterocycles. The highest BCUT2D eigenvalue weighted by molar-refractivity contribution is 6.23. The van der Waals surface area contributed by atoms with Gasteiger partial charge in [-0.2, -0.15) is 0 Å². The van der Waals surface area contributed by atoms with Crippen molar-refractivity contribution in [2.45, 2.75) is 31.8 Å². The van der Waals surface area contributed by atoms with Crippen molar-refractivity contribution in [3.63, 3.8) is 0 Å². The molecule has 0 saturated carbocycles. The summed E-state index contributed by atoms with van der Waals surface area (Å²) in [5, 5.41) is 0. The molecule has 0 aliphatic carbocycles. The van der Waals surface area contributed by atoms with Gasteiger partial charge >= 0.3 is 5.97 Å². The van der Waals surface area contributed by atoms with E-state index in [1.807, 2.05) is 86.6 Å². The molecule has 0 spiro atoms. The lowest BCUT2D eigenvalue weighted by Crippen LogP contribution is -2.52. The Hall–Kier alpha value is -3.93. The second kappa shape index (κ2) is 8.69. The van der Waals surface area contributed by atoms with Crippen molar-refractivity contribution in [3.8, 4) is 0 Å². The molecular formula is C29H28N2O4. The first-order valence-corrected chi connectivity index (χ1v) is 11.8. The zero-order valence-electron chi connectivity index (χ0n) is 20.0. The number of rotatable bonds is 5. The Balaban J connectivity index is 1.73. The van der Waals surface area contributed by atoms with Gasteiger partial charge in [-0.3, -0.25) is 14.4 Å². The van der Waals surface area contributed by atoms with Gasteiger partial charge < -0.3 is 9.64 Å². The van der Waals surface area contributed by atoms with Crippen molar-refractivity contribution in [3.05, 3.63) is 96.1 Å². The zero-order chi connectivity index (χ0) is 24.7. The van der Waals surface area contributed by atoms with Gasteiger partial charge in [-0.15, -0.1) is 0 Å². The van der Waals surface area contributed by atoms with Gasteiger partial charge in [0.2, 0.25) is 11.8 Å². The minimum atomic E-state index is -0.981. The Morgan fingerprint density at radius 3 is 2.00 bits per heavy atom. The minimum Gasteiger partial charge on any atom is -0.469 e. The largest absolute Gasteiger partial charge is 0.469 e. The van der Waals surface area contributed by atoms with Crippen LogP contribution < -0.4 is 9.80 Å². The predicted octanol–water partition coefficient (Wildman–Crippen LogP) is 4.68. The number of methoxy groups -OCH3 is 1. The van der Waals surface area contributed by atoms with Gasteiger partial charge in [0.05, 0.1) is 42.6 Å². The monoisotopic (exact) mass is 468 g/mol. The first-order chi connectivity index (χ1) is 16.9. The third-order valence-electron chi connectivity index (χ3n) is 7.39. The smallest absolute Gasteiger partial charge is 0.307 e. The molecule has 4 atom stereocenters. The third-order valence-corrected chi connectivity index (χ3v) is 7.39. The molecule has 2 aliphatic heterocycles. The average Bonchev–Trinajstić information content (AvgIpc) is 3.29. The number of hydrogen-bond donors (Lipinski definition) is 0. The number of carbonyl (C=O) groups is 3. The van der Waals surface area contributed by atoms with Crippen LogP contribution in [-0.2, 0) is 19.1 Å². The summed E-state index contributed by atoms with van der Waals surface area (Å²) in [6, 6.07) is 26.3. The number of fused-ring (bicyclic) bond motifs is 1. The fourth-order valence-electron chi connectivity index (χ4n) is 5.85. The van der Waals surface area contributed by atoms with E-state index in [1.54, 1.807) is 12.1 Å². The van der Waals surface area contributed by atoms with Crippen LogP contribution in [0.2, 0.25) is 0 Å². The van der Waals surface area contributed by atoms with Crippen LogP contribution >= 0.6 is 0 Å². The fourth-order valence-corrected chi connectivity index (χ4v) is 5.85. The number of amides is 2. The van der Waals surface area contributed by atoms with Crippen molar-refractivity contribution in [1.29, 1.82) is 0 Å². The average molecular weight is 469 g/mol. The van der Waals surface area contributed by atoms with E-state index in [0.717, 1.165) is 16.8 Å². The van der Waals surface area contributed by atoms with Crippen LogP contribution in [0.15, 0.2) is 84.9 Å². The number of imide groups is 1. The number of nitrogens with zero attached hydrogens (tertiary/aromatic N) is 2. The van der Waals surface area contributed by atoms with Crippen LogP contribution in [0.5, 0.6) is 0 Å². The number of benzene rings is 3. The Kier molecular flexibility index (Phi) is 5.67. The highest BCUT2D eigenvalue weighted by Crippen LogP contribution is 2.58. The third kappa shape index (κ3) is 3.60. The van der Waals surface area contributed by atoms with Crippen LogP contribution in [0, 0.1) is 18.8 Å². The number of hydrogen-bond acceptors (Lipinski definition) is 5. The van der Waals surface area contributed by atoms with Gasteiger partial charge in [0, 0.05) is 5.69 Å². The Labute approximate surface area is 205 Å². The maximum atomic E-state index is 14.0. The quantitative estimate of drug-likeness (QED) is 0.402. The Morgan fingerprint density at radius 2 is 1.43 bits per heavy atom. The maximum absolute atomic E-state index is 14.0. The maximum Gasteiger partial charge on any atom is 0.307 e. The summed E-state index contributed by atoms with van der Waals surface area (Å²) in [5.74, 6) is -2.32. The molecule has 0 radical (unpaired) electrons. The zero-order valence-corrected chi connectivity index (χ0v) is 20.0. The molecule has 2 amide bonds. The van der Waals surface area contributed by atoms with E-state index in [4.69, 9.17) is 4.74 Å². The molecule has 3 aromatic rings. The first-order valence-electron chi connectivity index (χ1n) is 11.8. The summed E-state index contributed by atoms with van der Waals surface area (Å²) >= 11 is 0. The lowest BCUT2D eigenvalue weighted by Gasteiger charge is -2.42. The van der Waals surface area contributed by atoms with E-state index in [9.17, 15) is 14.4 Å². The van der Waals surface area contributed by atoms with Gasteiger partial charge in [-0.1, -0.05) is 66.2 Å². The van der Waals surface area contributed by atoms with Crippen molar-refractivity contribution in [2.75, 3.05) is 16.9 Å². The lowest BCUT2D eigenvalue weighted by molar-refractivity contribution is -0.142. The first kappa shape index (κ1) is 22.8. The van der Waals surface area contributed by atoms with E-state index in [2.05, 4.69) is 4.90 Å². The van der Waals surface area contributed by atoms with Gasteiger partial charge in [-0.05, 0) is 43.7 Å². The van der Waals surface area contributed by atoms with Crippen LogP contribution in [0.1, 0.15) is 30.5 Å². The number of aryl methyl sites for hydroxylation is 1. The summed E-state index contributed by atoms with van der Waals surface area (Å²) in [5.41, 5.74) is 2.45. The van der Waals surface area contributed by atoms with Crippen molar-refractivity contribution < 1.29 is 19.1 Å². The summed E-state index contributed by atoms with van der Waals surface area (Å²) < 4.78 is 5.06. The number of carbonyl (C=O) groups excluding carboxylic acids is 3. The lowest BCUT2D eigenvalue weighted by atomic mass is 9.78. The molecule has 5 rings (SSSR count). The minimum absolute atomic E-state index is 0.0242. The number of esters is 1. The van der Waals surface area contributed by atoms with Gasteiger partial charge in [0.15, 0.2) is 0 Å². The van der Waals surface area contributed by atoms with E-state index in [-0.39, 0.29) is 18.2 Å². The number of para-hydroxylation sites is 2. The molecule has 0 aromatic heterocycles. The molecule has 2 fully saturated rings. The van der Waals surface area contributed by atoms with E-state index >= 15 is 0 Å². The Morgan fingerprint density at radius 1 is 0.857 bits per heavy atom. The number of ether oxygens (including phenoxy) is 1. The highest BCUT2D eigenvalue weighted by atomic mass is 16.5. The molecular weight excluding hydrogens is 440 g/mol. The molecule has 35 heavy (non-hydrogen) atoms. The molecule has 0 bridgehead atoms. The van der Waals surface area contributed by atoms with E-state index in [1.165, 1.54) is 12.0 Å². The fraction of sp³-hybridized carbons (Fsp3) is 0.276. The molecule has 6 heteroatoms. The molecule has 3 aromatic carbocycles. The molecule has 2 heterocycles. The van der Waals surface area contributed by atoms with Crippen molar-refractivity contribution in [2.24, 2.45) is 11.8 Å². The van der Waals surface area contributed by atoms with Crippen LogP contribution in [0.25, 0.3) is 0 Å². The van der Waals surface area contributed by atoms with Gasteiger partial charge in [0.25, 0.3) is 0 Å². The Bertz CT molecular complexity index is 1260. The molecule has 6 nitrogen and oxygen atoms in total. The van der Waals surface area contributed by atoms with E-state index < -0.39 is 29.4 Å². The topological polar surface area (TPSA) is 66.9 Å². The highest BCUT2D eigenvalue weighted by Gasteiger charge is 2.68. The normalized spacial score (nSPS) is 25.6. The standard InChI is InChI=1S/C29H28N2O4/c1-19-14-16-20(17-15-19)26-24-25(28(34)30(27(24)33)21-10-6-4-7-11-21)29(2,18-23(32)35-3)31(26)22-12-8-5-9-13-22/h4-17,24-26H,18H2,1-3H3/t24-,25+,26-,29-/m1/s1. The second-order valence-electron chi connectivity index (χ2n) is 9.52. The van der Waals surface area contributed by atoms with Crippen LogP contribution in [0.4, 0.5) is 11.4 Å². The second-order valence-corrected chi connectivity index (χ2v) is 9.52. The van der Waals surface area contributed by atoms with Gasteiger partial charge in [-0.25, -0.2) is 4.90 Å². The van der Waals surface area contributed by atoms with E-state index in [0.29, 0.717) is 5.69 Å². The van der Waals surface area contributed by atoms with Crippen LogP contribution in [-0.4, -0.2) is 30.4 Å². The molecule has 178 valence electrons. The molecule has 0 N–H and O–H groups in total. The van der Waals surface area contributed by atoms with Gasteiger partial charge in [0.1, 0.15) is 0 Å². The predicted molar refractivity (Wildman–Crippen MR) is 134 cm³/mol.